The van der Waals surface area contributed by atoms with Crippen LogP contribution in [0.4, 0.5) is 4.39 Å². The van der Waals surface area contributed by atoms with Gasteiger partial charge in [-0.2, -0.15) is 0 Å². The molecular weight excluding hydrogens is 446 g/mol. The summed E-state index contributed by atoms with van der Waals surface area (Å²) < 4.78 is 19.2. The van der Waals surface area contributed by atoms with E-state index in [2.05, 4.69) is 29.6 Å². The average molecular weight is 478 g/mol. The third kappa shape index (κ3) is 6.66. The second kappa shape index (κ2) is 11.7. The summed E-state index contributed by atoms with van der Waals surface area (Å²) in [6.45, 7) is 5.77. The van der Waals surface area contributed by atoms with Gasteiger partial charge in [-0.25, -0.2) is 4.39 Å². The van der Waals surface area contributed by atoms with Crippen molar-refractivity contribution in [1.82, 2.24) is 15.5 Å². The summed E-state index contributed by atoms with van der Waals surface area (Å²) >= 11 is 0. The number of likely N-dealkylation sites (N-methyl/N-ethyl adjacent to an activating group) is 1. The Morgan fingerprint density at radius 1 is 1.23 bits per heavy atom. The summed E-state index contributed by atoms with van der Waals surface area (Å²) in [5.74, 6) is 0.631. The summed E-state index contributed by atoms with van der Waals surface area (Å²) in [5, 5.41) is 6.59. The summed E-state index contributed by atoms with van der Waals surface area (Å²) in [7, 11) is 4.22. The first-order chi connectivity index (χ1) is 12.1. The van der Waals surface area contributed by atoms with Crippen LogP contribution in [0.25, 0.3) is 0 Å². The van der Waals surface area contributed by atoms with E-state index in [0.717, 1.165) is 50.7 Å². The fourth-order valence-electron chi connectivity index (χ4n) is 3.08. The second-order valence-corrected chi connectivity index (χ2v) is 6.69. The van der Waals surface area contributed by atoms with E-state index in [9.17, 15) is 4.39 Å². The quantitative estimate of drug-likeness (QED) is 0.360. The molecule has 0 saturated carbocycles. The van der Waals surface area contributed by atoms with Gasteiger partial charge in [0.05, 0.1) is 6.54 Å². The van der Waals surface area contributed by atoms with Gasteiger partial charge in [-0.15, -0.1) is 24.0 Å². The van der Waals surface area contributed by atoms with Crippen molar-refractivity contribution in [3.05, 3.63) is 35.6 Å². The molecule has 0 unspecified atom stereocenters. The molecule has 7 heteroatoms. The molecule has 0 aliphatic carbocycles. The largest absolute Gasteiger partial charge is 0.381 e. The van der Waals surface area contributed by atoms with Crippen LogP contribution in [0.2, 0.25) is 0 Å². The van der Waals surface area contributed by atoms with Crippen LogP contribution >= 0.6 is 24.0 Å². The van der Waals surface area contributed by atoms with Gasteiger partial charge in [0.25, 0.3) is 0 Å². The smallest absolute Gasteiger partial charge is 0.191 e. The highest BCUT2D eigenvalue weighted by Gasteiger charge is 2.34. The van der Waals surface area contributed by atoms with E-state index in [1.54, 1.807) is 6.07 Å². The fraction of sp³-hybridized carbons (Fsp3) is 0.632. The molecule has 5 nitrogen and oxygen atoms in total. The van der Waals surface area contributed by atoms with Gasteiger partial charge in [-0.05, 0) is 51.9 Å². The van der Waals surface area contributed by atoms with Crippen LogP contribution in [0.15, 0.2) is 29.3 Å². The molecule has 1 heterocycles. The van der Waals surface area contributed by atoms with Gasteiger partial charge < -0.3 is 20.3 Å². The fourth-order valence-corrected chi connectivity index (χ4v) is 3.08. The van der Waals surface area contributed by atoms with Gasteiger partial charge in [0.2, 0.25) is 0 Å². The minimum absolute atomic E-state index is 0. The minimum Gasteiger partial charge on any atom is -0.381 e. The van der Waals surface area contributed by atoms with E-state index in [-0.39, 0.29) is 35.3 Å². The van der Waals surface area contributed by atoms with Crippen LogP contribution in [0, 0.1) is 5.82 Å². The van der Waals surface area contributed by atoms with E-state index >= 15 is 0 Å². The van der Waals surface area contributed by atoms with Gasteiger partial charge in [0.1, 0.15) is 5.82 Å². The molecule has 1 aromatic carbocycles. The molecular formula is C19H32FIN4O. The molecule has 0 spiro atoms. The number of benzene rings is 1. The van der Waals surface area contributed by atoms with Crippen LogP contribution in [-0.2, 0) is 11.2 Å². The maximum atomic E-state index is 13.7. The molecule has 26 heavy (non-hydrogen) atoms. The zero-order chi connectivity index (χ0) is 18.1. The van der Waals surface area contributed by atoms with Crippen LogP contribution < -0.4 is 10.6 Å². The van der Waals surface area contributed by atoms with E-state index in [4.69, 9.17) is 9.73 Å². The maximum absolute atomic E-state index is 13.7. The van der Waals surface area contributed by atoms with E-state index in [1.165, 1.54) is 6.07 Å². The summed E-state index contributed by atoms with van der Waals surface area (Å²) in [4.78, 5) is 7.05. The van der Waals surface area contributed by atoms with Crippen molar-refractivity contribution in [3.8, 4) is 0 Å². The first-order valence-electron chi connectivity index (χ1n) is 9.08. The number of hydrogen-bond acceptors (Lipinski definition) is 3. The lowest BCUT2D eigenvalue weighted by Crippen LogP contribution is -2.51. The van der Waals surface area contributed by atoms with Crippen molar-refractivity contribution in [3.63, 3.8) is 0 Å². The van der Waals surface area contributed by atoms with Crippen molar-refractivity contribution >= 4 is 29.9 Å². The molecule has 0 aromatic heterocycles. The Balaban J connectivity index is 0.00000338. The first kappa shape index (κ1) is 23.1. The molecule has 0 amide bonds. The van der Waals surface area contributed by atoms with Crippen molar-refractivity contribution in [1.29, 1.82) is 0 Å². The van der Waals surface area contributed by atoms with Crippen molar-refractivity contribution in [2.45, 2.75) is 31.7 Å². The Kier molecular flexibility index (Phi) is 10.4. The number of ether oxygens (including phenoxy) is 1. The number of nitrogens with zero attached hydrogens (tertiary/aromatic N) is 2. The zero-order valence-corrected chi connectivity index (χ0v) is 18.4. The molecule has 1 aromatic rings. The number of rotatable bonds is 7. The van der Waals surface area contributed by atoms with Gasteiger partial charge in [-0.3, -0.25) is 4.99 Å². The molecule has 2 rings (SSSR count). The summed E-state index contributed by atoms with van der Waals surface area (Å²) in [6.07, 6.45) is 2.60. The Morgan fingerprint density at radius 3 is 2.54 bits per heavy atom. The highest BCUT2D eigenvalue weighted by Crippen LogP contribution is 2.26. The minimum atomic E-state index is -0.153. The molecule has 0 bridgehead atoms. The number of halogens is 2. The molecule has 1 saturated heterocycles. The Labute approximate surface area is 173 Å². The van der Waals surface area contributed by atoms with Crippen molar-refractivity contribution < 1.29 is 9.13 Å². The lowest BCUT2D eigenvalue weighted by molar-refractivity contribution is -0.00254. The Hall–Kier alpha value is -0.930. The van der Waals surface area contributed by atoms with Crippen LogP contribution in [0.5, 0.6) is 0 Å². The Bertz CT molecular complexity index is 562. The number of hydrogen-bond donors (Lipinski definition) is 2. The average Bonchev–Trinajstić information content (AvgIpc) is 2.62. The molecule has 1 fully saturated rings. The standard InChI is InChI=1S/C19H31FN4O.HI/c1-4-21-18(22-12-9-16-7-5-6-8-17(16)20)23-15-19(24(2)3)10-13-25-14-11-19;/h5-8H,4,9-15H2,1-3H3,(H2,21,22,23);1H. The summed E-state index contributed by atoms with van der Waals surface area (Å²) in [5.41, 5.74) is 0.770. The SMILES string of the molecule is CCNC(=NCC1(N(C)C)CCOCC1)NCCc1ccccc1F.I. The third-order valence-corrected chi connectivity index (χ3v) is 4.89. The van der Waals surface area contributed by atoms with Crippen molar-refractivity contribution in [2.75, 3.05) is 46.9 Å². The van der Waals surface area contributed by atoms with E-state index in [1.807, 2.05) is 19.1 Å². The Morgan fingerprint density at radius 2 is 1.92 bits per heavy atom. The van der Waals surface area contributed by atoms with Gasteiger partial charge in [-0.1, -0.05) is 18.2 Å². The predicted molar refractivity (Wildman–Crippen MR) is 116 cm³/mol. The van der Waals surface area contributed by atoms with Gasteiger partial charge >= 0.3 is 0 Å². The van der Waals surface area contributed by atoms with Crippen LogP contribution in [0.3, 0.4) is 0 Å². The molecule has 0 atom stereocenters. The predicted octanol–water partition coefficient (Wildman–Crippen LogP) is 2.65. The van der Waals surface area contributed by atoms with Gasteiger partial charge in [0, 0.05) is 31.8 Å². The molecule has 2 N–H and O–H groups in total. The normalized spacial score (nSPS) is 16.9. The second-order valence-electron chi connectivity index (χ2n) is 6.69. The van der Waals surface area contributed by atoms with Crippen LogP contribution in [-0.4, -0.2) is 63.3 Å². The highest BCUT2D eigenvalue weighted by molar-refractivity contribution is 14.0. The number of aliphatic imine (C=N–C) groups is 1. The third-order valence-electron chi connectivity index (χ3n) is 4.89. The van der Waals surface area contributed by atoms with E-state index in [0.29, 0.717) is 13.0 Å². The molecule has 0 radical (unpaired) electrons. The zero-order valence-electron chi connectivity index (χ0n) is 16.1. The molecule has 1 aliphatic rings. The topological polar surface area (TPSA) is 48.9 Å². The number of guanidine groups is 1. The lowest BCUT2D eigenvalue weighted by atomic mass is 9.89. The summed E-state index contributed by atoms with van der Waals surface area (Å²) in [6, 6.07) is 6.90. The maximum Gasteiger partial charge on any atom is 0.191 e. The lowest BCUT2D eigenvalue weighted by Gasteiger charge is -2.41. The van der Waals surface area contributed by atoms with Crippen LogP contribution in [0.1, 0.15) is 25.3 Å². The first-order valence-corrected chi connectivity index (χ1v) is 9.08. The van der Waals surface area contributed by atoms with Crippen molar-refractivity contribution in [2.24, 2.45) is 4.99 Å². The molecule has 148 valence electrons. The molecule has 1 aliphatic heterocycles. The monoisotopic (exact) mass is 478 g/mol. The highest BCUT2D eigenvalue weighted by atomic mass is 127. The van der Waals surface area contributed by atoms with E-state index < -0.39 is 0 Å². The number of nitrogens with one attached hydrogen (secondary N) is 2. The van der Waals surface area contributed by atoms with Gasteiger partial charge in [0.15, 0.2) is 5.96 Å².